The highest BCUT2D eigenvalue weighted by molar-refractivity contribution is 5.89. The molecule has 4 aliphatic carbocycles. The van der Waals surface area contributed by atoms with Crippen molar-refractivity contribution < 1.29 is 9.53 Å². The van der Waals surface area contributed by atoms with Crippen molar-refractivity contribution in [3.8, 4) is 12.3 Å². The molecule has 0 saturated heterocycles. The Labute approximate surface area is 244 Å². The molecule has 4 aliphatic rings. The Morgan fingerprint density at radius 3 is 2.48 bits per heavy atom. The van der Waals surface area contributed by atoms with Gasteiger partial charge in [0.25, 0.3) is 0 Å². The molecule has 1 aromatic carbocycles. The molecule has 0 N–H and O–H groups in total. The van der Waals surface area contributed by atoms with Gasteiger partial charge in [0.05, 0.1) is 5.56 Å². The number of carbonyl (C=O) groups is 1. The van der Waals surface area contributed by atoms with Crippen molar-refractivity contribution in [1.82, 2.24) is 0 Å². The molecule has 9 atom stereocenters. The molecule has 3 saturated carbocycles. The number of fused-ring (bicyclic) bond motifs is 5. The zero-order valence-corrected chi connectivity index (χ0v) is 25.9. The van der Waals surface area contributed by atoms with E-state index in [1.807, 2.05) is 12.1 Å². The molecule has 0 aromatic heterocycles. The summed E-state index contributed by atoms with van der Waals surface area (Å²) in [6.45, 7) is 14.8. The predicted molar refractivity (Wildman–Crippen MR) is 166 cm³/mol. The molecule has 216 valence electrons. The molecule has 1 aromatic rings. The van der Waals surface area contributed by atoms with Crippen LogP contribution < -0.4 is 0 Å². The number of hydrogen-bond acceptors (Lipinski definition) is 2. The standard InChI is InChI=1S/C38H52O2/c1-8-27-11-14-29(15-12-27)36(39)40-31-20-22-37(6)30(24-31)16-17-32-34-19-18-33(38(34,7)23-21-35(32)37)26(5)10-13-28(9-2)25(3)4/h1,10-16,25-26,28,31-35H,9,17-24H2,2-7H3/b13-10+/t26-,28-,31?,32+,33-,34+,35+,37+,38-/m1/s1. The van der Waals surface area contributed by atoms with Gasteiger partial charge >= 0.3 is 5.97 Å². The first-order chi connectivity index (χ1) is 19.1. The third kappa shape index (κ3) is 5.24. The number of hydrogen-bond donors (Lipinski definition) is 0. The summed E-state index contributed by atoms with van der Waals surface area (Å²) in [5.41, 5.74) is 3.66. The lowest BCUT2D eigenvalue weighted by Gasteiger charge is -2.58. The van der Waals surface area contributed by atoms with Gasteiger partial charge in [-0.3, -0.25) is 0 Å². The average Bonchev–Trinajstić information content (AvgIpc) is 3.30. The summed E-state index contributed by atoms with van der Waals surface area (Å²) in [7, 11) is 0. The topological polar surface area (TPSA) is 26.3 Å². The van der Waals surface area contributed by atoms with Crippen molar-refractivity contribution in [3.05, 3.63) is 59.2 Å². The maximum atomic E-state index is 12.9. The monoisotopic (exact) mass is 540 g/mol. The molecule has 2 nitrogen and oxygen atoms in total. The highest BCUT2D eigenvalue weighted by Gasteiger charge is 2.59. The van der Waals surface area contributed by atoms with Crippen LogP contribution in [0.15, 0.2) is 48.1 Å². The summed E-state index contributed by atoms with van der Waals surface area (Å²) < 4.78 is 6.03. The Hall–Kier alpha value is -2.27. The number of esters is 1. The van der Waals surface area contributed by atoms with Crippen molar-refractivity contribution in [3.63, 3.8) is 0 Å². The lowest BCUT2D eigenvalue weighted by Crippen LogP contribution is -2.51. The van der Waals surface area contributed by atoms with Gasteiger partial charge in [0.2, 0.25) is 0 Å². The summed E-state index contributed by atoms with van der Waals surface area (Å²) in [5.74, 6) is 7.70. The van der Waals surface area contributed by atoms with Crippen LogP contribution in [0.25, 0.3) is 0 Å². The molecule has 0 aliphatic heterocycles. The van der Waals surface area contributed by atoms with Gasteiger partial charge in [-0.05, 0) is 128 Å². The molecule has 5 rings (SSSR count). The molecule has 0 spiro atoms. The van der Waals surface area contributed by atoms with Crippen molar-refractivity contribution in [1.29, 1.82) is 0 Å². The smallest absolute Gasteiger partial charge is 0.338 e. The van der Waals surface area contributed by atoms with Crippen molar-refractivity contribution in [2.75, 3.05) is 0 Å². The third-order valence-electron chi connectivity index (χ3n) is 12.3. The van der Waals surface area contributed by atoms with Crippen LogP contribution in [-0.2, 0) is 4.74 Å². The second-order valence-electron chi connectivity index (χ2n) is 14.5. The summed E-state index contributed by atoms with van der Waals surface area (Å²) in [6.07, 6.45) is 24.1. The van der Waals surface area contributed by atoms with E-state index >= 15 is 0 Å². The highest BCUT2D eigenvalue weighted by atomic mass is 16.5. The van der Waals surface area contributed by atoms with Gasteiger partial charge in [-0.25, -0.2) is 4.79 Å². The maximum Gasteiger partial charge on any atom is 0.338 e. The Morgan fingerprint density at radius 1 is 1.05 bits per heavy atom. The van der Waals surface area contributed by atoms with Crippen LogP contribution in [0.1, 0.15) is 115 Å². The second kappa shape index (κ2) is 11.5. The van der Waals surface area contributed by atoms with Crippen LogP contribution in [-0.4, -0.2) is 12.1 Å². The van der Waals surface area contributed by atoms with Gasteiger partial charge in [0.15, 0.2) is 0 Å². The van der Waals surface area contributed by atoms with E-state index < -0.39 is 0 Å². The van der Waals surface area contributed by atoms with Gasteiger partial charge in [-0.2, -0.15) is 0 Å². The normalized spacial score (nSPS) is 36.6. The zero-order chi connectivity index (χ0) is 28.7. The van der Waals surface area contributed by atoms with Crippen molar-refractivity contribution in [2.24, 2.45) is 52.3 Å². The van der Waals surface area contributed by atoms with Crippen LogP contribution in [0.5, 0.6) is 0 Å². The minimum Gasteiger partial charge on any atom is -0.458 e. The van der Waals surface area contributed by atoms with Crippen molar-refractivity contribution in [2.45, 2.75) is 105 Å². The van der Waals surface area contributed by atoms with Gasteiger partial charge in [0, 0.05) is 12.0 Å². The number of allylic oxidation sites excluding steroid dienone is 3. The van der Waals surface area contributed by atoms with Crippen LogP contribution in [0.3, 0.4) is 0 Å². The van der Waals surface area contributed by atoms with Gasteiger partial charge < -0.3 is 4.74 Å². The summed E-state index contributed by atoms with van der Waals surface area (Å²) >= 11 is 0. The molecule has 40 heavy (non-hydrogen) atoms. The van der Waals surface area contributed by atoms with E-state index in [2.05, 4.69) is 65.7 Å². The number of carbonyl (C=O) groups excluding carboxylic acids is 1. The minimum absolute atomic E-state index is 0.0224. The zero-order valence-electron chi connectivity index (χ0n) is 25.9. The Bertz CT molecular complexity index is 1160. The van der Waals surface area contributed by atoms with E-state index in [-0.39, 0.29) is 17.5 Å². The molecule has 1 unspecified atom stereocenters. The Kier molecular flexibility index (Phi) is 8.44. The molecule has 2 heteroatoms. The lowest BCUT2D eigenvalue weighted by atomic mass is 9.47. The van der Waals surface area contributed by atoms with E-state index in [9.17, 15) is 4.79 Å². The molecular weight excluding hydrogens is 488 g/mol. The van der Waals surface area contributed by atoms with Crippen LogP contribution >= 0.6 is 0 Å². The minimum atomic E-state index is -0.223. The number of benzene rings is 1. The summed E-state index contributed by atoms with van der Waals surface area (Å²) in [5, 5.41) is 0. The van der Waals surface area contributed by atoms with Crippen LogP contribution in [0.2, 0.25) is 0 Å². The third-order valence-corrected chi connectivity index (χ3v) is 12.3. The van der Waals surface area contributed by atoms with E-state index in [1.54, 1.807) is 17.7 Å². The first-order valence-corrected chi connectivity index (χ1v) is 16.3. The number of ether oxygens (including phenoxy) is 1. The first kappa shape index (κ1) is 29.2. The van der Waals surface area contributed by atoms with E-state index in [0.29, 0.717) is 22.8 Å². The Balaban J connectivity index is 1.26. The van der Waals surface area contributed by atoms with E-state index in [4.69, 9.17) is 11.2 Å². The molecular formula is C38H52O2. The number of terminal acetylenes is 1. The first-order valence-electron chi connectivity index (χ1n) is 16.3. The fraction of sp³-hybridized carbons (Fsp3) is 0.658. The SMILES string of the molecule is C#Cc1ccc(C(=O)OC2CC[C@@]3(C)C(=CC[C@H]4[C@@H]5CC[C@H]([C@H](C)/C=C/[C@@H](CC)C(C)C)[C@@]5(C)CC[C@@H]43)C2)cc1. The van der Waals surface area contributed by atoms with Gasteiger partial charge in [-0.15, -0.1) is 6.42 Å². The molecule has 0 radical (unpaired) electrons. The molecule has 0 bridgehead atoms. The van der Waals surface area contributed by atoms with Gasteiger partial charge in [-0.1, -0.05) is 71.3 Å². The fourth-order valence-corrected chi connectivity index (χ4v) is 9.84. The maximum absolute atomic E-state index is 12.9. The highest BCUT2D eigenvalue weighted by Crippen LogP contribution is 2.67. The van der Waals surface area contributed by atoms with E-state index in [1.165, 1.54) is 38.5 Å². The average molecular weight is 541 g/mol. The van der Waals surface area contributed by atoms with Crippen molar-refractivity contribution >= 4 is 5.97 Å². The van der Waals surface area contributed by atoms with Gasteiger partial charge in [0.1, 0.15) is 6.10 Å². The quantitative estimate of drug-likeness (QED) is 0.195. The largest absolute Gasteiger partial charge is 0.458 e. The Morgan fingerprint density at radius 2 is 1.80 bits per heavy atom. The van der Waals surface area contributed by atoms with Crippen LogP contribution in [0, 0.1) is 64.6 Å². The number of rotatable bonds is 7. The molecule has 0 heterocycles. The van der Waals surface area contributed by atoms with E-state index in [0.717, 1.165) is 54.4 Å². The summed E-state index contributed by atoms with van der Waals surface area (Å²) in [4.78, 5) is 12.9. The lowest BCUT2D eigenvalue weighted by molar-refractivity contribution is -0.0565. The molecule has 0 amide bonds. The predicted octanol–water partition coefficient (Wildman–Crippen LogP) is 9.65. The fourth-order valence-electron chi connectivity index (χ4n) is 9.84. The summed E-state index contributed by atoms with van der Waals surface area (Å²) in [6, 6.07) is 7.19. The van der Waals surface area contributed by atoms with Crippen LogP contribution in [0.4, 0.5) is 0 Å². The molecule has 3 fully saturated rings. The second-order valence-corrected chi connectivity index (χ2v) is 14.5.